The molecule has 1 aliphatic rings. The highest BCUT2D eigenvalue weighted by Gasteiger charge is 2.33. The first-order valence-corrected chi connectivity index (χ1v) is 9.02. The van der Waals surface area contributed by atoms with Gasteiger partial charge in [0.05, 0.1) is 0 Å². The molecule has 1 saturated carbocycles. The molecule has 0 spiro atoms. The van der Waals surface area contributed by atoms with Crippen molar-refractivity contribution in [3.8, 4) is 0 Å². The molecule has 0 bridgehead atoms. The zero-order valence-electron chi connectivity index (χ0n) is 12.3. The topological polar surface area (TPSA) is 85.1 Å². The minimum absolute atomic E-state index is 0.0103. The molecule has 1 atom stereocenters. The molecule has 114 valence electrons. The van der Waals surface area contributed by atoms with Gasteiger partial charge in [-0.15, -0.1) is 0 Å². The molecule has 1 fully saturated rings. The third-order valence-corrected chi connectivity index (χ3v) is 5.82. The van der Waals surface area contributed by atoms with Gasteiger partial charge in [0, 0.05) is 18.2 Å². The Bertz CT molecular complexity index is 547. The maximum absolute atomic E-state index is 11.5. The van der Waals surface area contributed by atoms with Gasteiger partial charge < -0.3 is 9.84 Å². The van der Waals surface area contributed by atoms with E-state index in [1.54, 1.807) is 6.92 Å². The summed E-state index contributed by atoms with van der Waals surface area (Å²) in [6, 6.07) is 0. The normalized spacial score (nSPS) is 20.8. The molecular weight excluding hydrogens is 278 g/mol. The largest absolute Gasteiger partial charge is 0.339 e. The molecule has 1 aliphatic carbocycles. The molecule has 7 heteroatoms. The molecule has 0 radical (unpaired) electrons. The first-order chi connectivity index (χ1) is 9.36. The fraction of sp³-hybridized carbons (Fsp3) is 0.846. The number of sulfone groups is 1. The molecule has 0 saturated heterocycles. The van der Waals surface area contributed by atoms with Crippen LogP contribution in [0.15, 0.2) is 4.52 Å². The number of hydrogen-bond donors (Lipinski definition) is 1. The molecule has 0 aromatic carbocycles. The molecule has 0 aliphatic heterocycles. The minimum atomic E-state index is -3.20. The molecule has 20 heavy (non-hydrogen) atoms. The summed E-state index contributed by atoms with van der Waals surface area (Å²) in [6.07, 6.45) is 7.68. The molecule has 2 rings (SSSR count). The van der Waals surface area contributed by atoms with Crippen LogP contribution in [0.4, 0.5) is 0 Å². The van der Waals surface area contributed by atoms with Gasteiger partial charge >= 0.3 is 0 Å². The lowest BCUT2D eigenvalue weighted by atomic mass is 9.79. The zero-order chi connectivity index (χ0) is 14.8. The Morgan fingerprint density at radius 1 is 1.35 bits per heavy atom. The summed E-state index contributed by atoms with van der Waals surface area (Å²) >= 11 is 0. The van der Waals surface area contributed by atoms with Gasteiger partial charge in [-0.1, -0.05) is 24.4 Å². The van der Waals surface area contributed by atoms with Gasteiger partial charge in [-0.05, 0) is 26.8 Å². The van der Waals surface area contributed by atoms with E-state index in [2.05, 4.69) is 15.5 Å². The van der Waals surface area contributed by atoms with Crippen LogP contribution in [-0.4, -0.2) is 37.4 Å². The predicted octanol–water partition coefficient (Wildman–Crippen LogP) is 1.64. The molecule has 1 aromatic rings. The van der Waals surface area contributed by atoms with Gasteiger partial charge in [-0.2, -0.15) is 4.98 Å². The average Bonchev–Trinajstić information content (AvgIpc) is 2.86. The second kappa shape index (κ2) is 5.81. The molecule has 6 nitrogen and oxygen atoms in total. The Morgan fingerprint density at radius 3 is 2.55 bits per heavy atom. The molecule has 1 heterocycles. The van der Waals surface area contributed by atoms with Crippen molar-refractivity contribution < 1.29 is 12.9 Å². The maximum Gasteiger partial charge on any atom is 0.228 e. The quantitative estimate of drug-likeness (QED) is 0.890. The van der Waals surface area contributed by atoms with E-state index < -0.39 is 15.1 Å². The number of aromatic nitrogens is 2. The summed E-state index contributed by atoms with van der Waals surface area (Å²) in [4.78, 5) is 4.27. The van der Waals surface area contributed by atoms with E-state index in [0.717, 1.165) is 12.8 Å². The summed E-state index contributed by atoms with van der Waals surface area (Å²) in [6.45, 7) is 1.58. The molecule has 1 aromatic heterocycles. The Hall–Kier alpha value is -0.950. The Morgan fingerprint density at radius 2 is 2.00 bits per heavy atom. The fourth-order valence-corrected chi connectivity index (χ4v) is 3.21. The highest BCUT2D eigenvalue weighted by molar-refractivity contribution is 7.90. The van der Waals surface area contributed by atoms with E-state index in [4.69, 9.17) is 4.52 Å². The number of nitrogens with one attached hydrogen (secondary N) is 1. The summed E-state index contributed by atoms with van der Waals surface area (Å²) < 4.78 is 28.3. The number of rotatable bonds is 5. The molecule has 1 unspecified atom stereocenters. The van der Waals surface area contributed by atoms with Gasteiger partial charge in [0.1, 0.15) is 5.25 Å². The lowest BCUT2D eigenvalue weighted by Crippen LogP contribution is -2.46. The highest BCUT2D eigenvalue weighted by Crippen LogP contribution is 2.31. The average molecular weight is 301 g/mol. The summed E-state index contributed by atoms with van der Waals surface area (Å²) in [5.41, 5.74) is 0.0103. The van der Waals surface area contributed by atoms with Crippen LogP contribution in [0.25, 0.3) is 0 Å². The van der Waals surface area contributed by atoms with Crippen LogP contribution in [0.1, 0.15) is 56.0 Å². The van der Waals surface area contributed by atoms with Crippen LogP contribution in [0, 0.1) is 0 Å². The zero-order valence-corrected chi connectivity index (χ0v) is 13.2. The smallest absolute Gasteiger partial charge is 0.228 e. The van der Waals surface area contributed by atoms with Crippen molar-refractivity contribution in [3.05, 3.63) is 11.7 Å². The van der Waals surface area contributed by atoms with Gasteiger partial charge in [0.15, 0.2) is 15.7 Å². The first kappa shape index (κ1) is 15.4. The monoisotopic (exact) mass is 301 g/mol. The van der Waals surface area contributed by atoms with E-state index in [1.807, 2.05) is 7.05 Å². The van der Waals surface area contributed by atoms with Crippen LogP contribution >= 0.6 is 0 Å². The van der Waals surface area contributed by atoms with Crippen LogP contribution < -0.4 is 5.32 Å². The first-order valence-electron chi connectivity index (χ1n) is 7.07. The van der Waals surface area contributed by atoms with Crippen molar-refractivity contribution in [1.29, 1.82) is 0 Å². The van der Waals surface area contributed by atoms with Crippen LogP contribution in [0.5, 0.6) is 0 Å². The third-order valence-electron chi connectivity index (χ3n) is 4.32. The number of likely N-dealkylation sites (N-methyl/N-ethyl adjacent to an activating group) is 1. The SMILES string of the molecule is CNC1(Cc2nc(C(C)S(C)(=O)=O)no2)CCCCC1. The second-order valence-corrected chi connectivity index (χ2v) is 8.15. The highest BCUT2D eigenvalue weighted by atomic mass is 32.2. The molecule has 1 N–H and O–H groups in total. The Labute approximate surface area is 120 Å². The van der Waals surface area contributed by atoms with Gasteiger partial charge in [0.2, 0.25) is 5.89 Å². The molecular formula is C13H23N3O3S. The van der Waals surface area contributed by atoms with Crippen LogP contribution in [0.2, 0.25) is 0 Å². The predicted molar refractivity (Wildman–Crippen MR) is 76.1 cm³/mol. The van der Waals surface area contributed by atoms with E-state index in [9.17, 15) is 8.42 Å². The van der Waals surface area contributed by atoms with Gasteiger partial charge in [-0.25, -0.2) is 8.42 Å². The van der Waals surface area contributed by atoms with Crippen LogP contribution in [-0.2, 0) is 16.3 Å². The van der Waals surface area contributed by atoms with Crippen molar-refractivity contribution >= 4 is 9.84 Å². The van der Waals surface area contributed by atoms with Crippen molar-refractivity contribution in [1.82, 2.24) is 15.5 Å². The summed E-state index contributed by atoms with van der Waals surface area (Å²) in [7, 11) is -1.24. The standard InChI is InChI=1S/C13H23N3O3S/c1-10(20(3,17)18)12-15-11(19-16-12)9-13(14-2)7-5-4-6-8-13/h10,14H,4-9H2,1-3H3. The summed E-state index contributed by atoms with van der Waals surface area (Å²) in [5.74, 6) is 0.774. The van der Waals surface area contributed by atoms with Crippen LogP contribution in [0.3, 0.4) is 0 Å². The van der Waals surface area contributed by atoms with Crippen molar-refractivity contribution in [2.45, 2.75) is 56.2 Å². The van der Waals surface area contributed by atoms with E-state index >= 15 is 0 Å². The second-order valence-electron chi connectivity index (χ2n) is 5.79. The lowest BCUT2D eigenvalue weighted by Gasteiger charge is -2.36. The van der Waals surface area contributed by atoms with E-state index in [0.29, 0.717) is 12.3 Å². The van der Waals surface area contributed by atoms with Crippen molar-refractivity contribution in [2.75, 3.05) is 13.3 Å². The Balaban J connectivity index is 2.13. The number of nitrogens with zero attached hydrogens (tertiary/aromatic N) is 2. The minimum Gasteiger partial charge on any atom is -0.339 e. The summed E-state index contributed by atoms with van der Waals surface area (Å²) in [5, 5.41) is 6.48. The van der Waals surface area contributed by atoms with Crippen molar-refractivity contribution in [3.63, 3.8) is 0 Å². The van der Waals surface area contributed by atoms with Crippen molar-refractivity contribution in [2.24, 2.45) is 0 Å². The van der Waals surface area contributed by atoms with Gasteiger partial charge in [-0.3, -0.25) is 0 Å². The third kappa shape index (κ3) is 3.38. The maximum atomic E-state index is 11.5. The van der Waals surface area contributed by atoms with Gasteiger partial charge in [0.25, 0.3) is 0 Å². The number of hydrogen-bond acceptors (Lipinski definition) is 6. The molecule has 0 amide bonds. The Kier molecular flexibility index (Phi) is 4.49. The lowest BCUT2D eigenvalue weighted by molar-refractivity contribution is 0.221. The fourth-order valence-electron chi connectivity index (χ4n) is 2.73. The van der Waals surface area contributed by atoms with E-state index in [1.165, 1.54) is 25.5 Å². The van der Waals surface area contributed by atoms with E-state index in [-0.39, 0.29) is 11.4 Å².